The highest BCUT2D eigenvalue weighted by Crippen LogP contribution is 2.18. The van der Waals surface area contributed by atoms with Crippen LogP contribution >= 0.6 is 0 Å². The zero-order valence-electron chi connectivity index (χ0n) is 27.8. The van der Waals surface area contributed by atoms with Crippen molar-refractivity contribution in [3.05, 3.63) is 48.0 Å². The molecule has 1 aromatic carbocycles. The van der Waals surface area contributed by atoms with Crippen molar-refractivity contribution in [1.29, 1.82) is 0 Å². The minimum absolute atomic E-state index is 0.0269. The quantitative estimate of drug-likeness (QED) is 0.142. The second-order valence-electron chi connectivity index (χ2n) is 12.9. The fourth-order valence-electron chi connectivity index (χ4n) is 4.69. The van der Waals surface area contributed by atoms with Gasteiger partial charge in [0.05, 0.1) is 13.2 Å². The number of carbonyl (C=O) groups excluding carboxylic acids is 6. The summed E-state index contributed by atoms with van der Waals surface area (Å²) in [6.07, 6.45) is 2.81. The molecular formula is C33H49N5O8. The Morgan fingerprint density at radius 3 is 2.22 bits per heavy atom. The van der Waals surface area contributed by atoms with Crippen LogP contribution in [0.1, 0.15) is 66.4 Å². The highest BCUT2D eigenvalue weighted by molar-refractivity contribution is 5.93. The normalized spacial score (nSPS) is 17.3. The van der Waals surface area contributed by atoms with Gasteiger partial charge in [0.15, 0.2) is 0 Å². The van der Waals surface area contributed by atoms with Gasteiger partial charge in [-0.3, -0.25) is 19.2 Å². The van der Waals surface area contributed by atoms with E-state index in [4.69, 9.17) is 4.74 Å². The highest BCUT2D eigenvalue weighted by atomic mass is 16.5. The van der Waals surface area contributed by atoms with E-state index in [0.717, 1.165) is 5.56 Å². The Kier molecular flexibility index (Phi) is 14.7. The maximum absolute atomic E-state index is 13.7. The Labute approximate surface area is 271 Å². The van der Waals surface area contributed by atoms with Crippen LogP contribution in [0.15, 0.2) is 42.5 Å². The summed E-state index contributed by atoms with van der Waals surface area (Å²) in [6, 6.07) is 5.07. The molecule has 1 aliphatic rings. The van der Waals surface area contributed by atoms with Gasteiger partial charge < -0.3 is 36.1 Å². The zero-order chi connectivity index (χ0) is 34.4. The first-order chi connectivity index (χ1) is 21.6. The number of amides is 5. The molecule has 13 heteroatoms. The molecule has 5 atom stereocenters. The molecule has 0 saturated carbocycles. The van der Waals surface area contributed by atoms with E-state index in [-0.39, 0.29) is 43.1 Å². The molecule has 1 aromatic rings. The summed E-state index contributed by atoms with van der Waals surface area (Å²) in [5.41, 5.74) is -0.0288. The number of rotatable bonds is 15. The number of methoxy groups -OCH3 is 1. The predicted octanol–water partition coefficient (Wildman–Crippen LogP) is 2.10. The summed E-state index contributed by atoms with van der Waals surface area (Å²) >= 11 is 0. The van der Waals surface area contributed by atoms with Gasteiger partial charge in [0.25, 0.3) is 0 Å². The summed E-state index contributed by atoms with van der Waals surface area (Å²) in [5, 5.41) is 13.7. The molecule has 2 rings (SSSR count). The van der Waals surface area contributed by atoms with Crippen molar-refractivity contribution in [2.75, 3.05) is 13.7 Å². The summed E-state index contributed by atoms with van der Waals surface area (Å²) in [7, 11) is 1.23. The zero-order valence-corrected chi connectivity index (χ0v) is 27.8. The third-order valence-corrected chi connectivity index (χ3v) is 7.34. The van der Waals surface area contributed by atoms with Crippen molar-refractivity contribution < 1.29 is 38.2 Å². The van der Waals surface area contributed by atoms with Crippen molar-refractivity contribution in [1.82, 2.24) is 26.6 Å². The number of carbonyl (C=O) groups is 6. The lowest BCUT2D eigenvalue weighted by Crippen LogP contribution is -2.61. The third kappa shape index (κ3) is 12.9. The standard InChI is InChI=1S/C33H49N5O8/c1-20(2)17-25(29(41)36-24(13-14-26(39)45-7)18-23-15-16-34-28(23)40)37-30(42)27(21(3)35-31(43)33(4,5)6)38-32(44)46-19-22-11-9-8-10-12-22/h8-14,20-21,23-25,27H,15-19H2,1-7H3,(H,34,40)(H,35,43)(H,36,41)(H,37,42)(H,38,44)/b14-13+/t21?,23-,24+,25-,27-/m0/s1. The second-order valence-corrected chi connectivity index (χ2v) is 12.9. The summed E-state index contributed by atoms with van der Waals surface area (Å²) in [6.45, 7) is 11.0. The van der Waals surface area contributed by atoms with Gasteiger partial charge in [-0.1, -0.05) is 71.0 Å². The molecule has 1 saturated heterocycles. The maximum atomic E-state index is 13.7. The van der Waals surface area contributed by atoms with Crippen LogP contribution in [0, 0.1) is 17.3 Å². The number of benzene rings is 1. The monoisotopic (exact) mass is 643 g/mol. The Balaban J connectivity index is 2.26. The van der Waals surface area contributed by atoms with Crippen LogP contribution in [0.25, 0.3) is 0 Å². The van der Waals surface area contributed by atoms with Crippen LogP contribution in [-0.4, -0.2) is 73.5 Å². The molecule has 1 aliphatic heterocycles. The molecule has 13 nitrogen and oxygen atoms in total. The van der Waals surface area contributed by atoms with Crippen LogP contribution in [-0.2, 0) is 40.1 Å². The number of nitrogens with one attached hydrogen (secondary N) is 5. The van der Waals surface area contributed by atoms with Gasteiger partial charge in [-0.25, -0.2) is 9.59 Å². The first-order valence-corrected chi connectivity index (χ1v) is 15.5. The van der Waals surface area contributed by atoms with E-state index >= 15 is 0 Å². The number of esters is 1. The Bertz CT molecular complexity index is 1240. The van der Waals surface area contributed by atoms with E-state index in [1.165, 1.54) is 19.3 Å². The van der Waals surface area contributed by atoms with Gasteiger partial charge in [-0.05, 0) is 37.7 Å². The molecular weight excluding hydrogens is 594 g/mol. The lowest BCUT2D eigenvalue weighted by atomic mass is 9.94. The molecule has 5 N–H and O–H groups in total. The predicted molar refractivity (Wildman–Crippen MR) is 171 cm³/mol. The fraction of sp³-hybridized carbons (Fsp3) is 0.576. The first-order valence-electron chi connectivity index (χ1n) is 15.5. The van der Waals surface area contributed by atoms with Crippen LogP contribution < -0.4 is 26.6 Å². The molecule has 0 aromatic heterocycles. The summed E-state index contributed by atoms with van der Waals surface area (Å²) in [5.74, 6) is -2.76. The van der Waals surface area contributed by atoms with Crippen molar-refractivity contribution in [3.8, 4) is 0 Å². The molecule has 1 unspecified atom stereocenters. The van der Waals surface area contributed by atoms with Gasteiger partial charge in [0.1, 0.15) is 18.7 Å². The maximum Gasteiger partial charge on any atom is 0.408 e. The van der Waals surface area contributed by atoms with E-state index < -0.39 is 53.5 Å². The smallest absolute Gasteiger partial charge is 0.408 e. The average Bonchev–Trinajstić information content (AvgIpc) is 3.40. The summed E-state index contributed by atoms with van der Waals surface area (Å²) in [4.78, 5) is 77.0. The topological polar surface area (TPSA) is 181 Å². The summed E-state index contributed by atoms with van der Waals surface area (Å²) < 4.78 is 10.00. The van der Waals surface area contributed by atoms with Crippen LogP contribution in [0.2, 0.25) is 0 Å². The molecule has 0 radical (unpaired) electrons. The van der Waals surface area contributed by atoms with Crippen molar-refractivity contribution in [3.63, 3.8) is 0 Å². The van der Waals surface area contributed by atoms with E-state index in [0.29, 0.717) is 13.0 Å². The Morgan fingerprint density at radius 1 is 0.978 bits per heavy atom. The molecule has 0 aliphatic carbocycles. The second kappa shape index (κ2) is 17.9. The van der Waals surface area contributed by atoms with Gasteiger partial charge in [-0.2, -0.15) is 0 Å². The van der Waals surface area contributed by atoms with Gasteiger partial charge in [0, 0.05) is 30.0 Å². The van der Waals surface area contributed by atoms with Crippen molar-refractivity contribution in [2.24, 2.45) is 17.3 Å². The SMILES string of the molecule is COC(=O)/C=C/[C@H](C[C@@H]1CCNC1=O)NC(=O)[C@H](CC(C)C)NC(=O)[C@@H](NC(=O)OCc1ccccc1)C(C)NC(=O)C(C)(C)C. The van der Waals surface area contributed by atoms with Crippen LogP contribution in [0.3, 0.4) is 0 Å². The molecule has 46 heavy (non-hydrogen) atoms. The Morgan fingerprint density at radius 2 is 1.65 bits per heavy atom. The number of alkyl carbamates (subject to hydrolysis) is 1. The van der Waals surface area contributed by atoms with Gasteiger partial charge >= 0.3 is 12.1 Å². The van der Waals surface area contributed by atoms with Crippen molar-refractivity contribution in [2.45, 2.75) is 91.6 Å². The van der Waals surface area contributed by atoms with E-state index in [2.05, 4.69) is 31.3 Å². The molecule has 254 valence electrons. The third-order valence-electron chi connectivity index (χ3n) is 7.34. The van der Waals surface area contributed by atoms with Crippen LogP contribution in [0.5, 0.6) is 0 Å². The van der Waals surface area contributed by atoms with E-state index in [1.54, 1.807) is 52.0 Å². The fourth-order valence-corrected chi connectivity index (χ4v) is 4.69. The van der Waals surface area contributed by atoms with Gasteiger partial charge in [-0.15, -0.1) is 0 Å². The lowest BCUT2D eigenvalue weighted by molar-refractivity contribution is -0.135. The molecule has 1 heterocycles. The van der Waals surface area contributed by atoms with E-state index in [9.17, 15) is 28.8 Å². The lowest BCUT2D eigenvalue weighted by Gasteiger charge is -2.30. The molecule has 0 bridgehead atoms. The first kappa shape index (κ1) is 37.8. The molecule has 0 spiro atoms. The minimum atomic E-state index is -1.30. The van der Waals surface area contributed by atoms with Crippen molar-refractivity contribution >= 4 is 35.7 Å². The van der Waals surface area contributed by atoms with E-state index in [1.807, 2.05) is 19.9 Å². The largest absolute Gasteiger partial charge is 0.466 e. The van der Waals surface area contributed by atoms with Gasteiger partial charge in [0.2, 0.25) is 23.6 Å². The highest BCUT2D eigenvalue weighted by Gasteiger charge is 2.35. The molecule has 5 amide bonds. The van der Waals surface area contributed by atoms with Crippen LogP contribution in [0.4, 0.5) is 4.79 Å². The number of ether oxygens (including phenoxy) is 2. The average molecular weight is 644 g/mol. The minimum Gasteiger partial charge on any atom is -0.466 e. The Hall–Kier alpha value is -4.42. The number of hydrogen-bond donors (Lipinski definition) is 5. The molecule has 1 fully saturated rings. The number of hydrogen-bond acceptors (Lipinski definition) is 8.